The Labute approximate surface area is 106 Å². The Morgan fingerprint density at radius 1 is 1.56 bits per heavy atom. The fraction of sp³-hybridized carbons (Fsp3) is 0.417. The van der Waals surface area contributed by atoms with E-state index in [-0.39, 0.29) is 0 Å². The van der Waals surface area contributed by atoms with Crippen molar-refractivity contribution in [2.45, 2.75) is 26.9 Å². The summed E-state index contributed by atoms with van der Waals surface area (Å²) in [7, 11) is 0. The monoisotopic (exact) mass is 247 g/mol. The fourth-order valence-electron chi connectivity index (χ4n) is 1.88. The number of amides is 1. The minimum atomic E-state index is -0.404. The molecule has 0 saturated carbocycles. The highest BCUT2D eigenvalue weighted by atomic mass is 16.1. The van der Waals surface area contributed by atoms with Crippen LogP contribution in [0.15, 0.2) is 28.7 Å². The van der Waals surface area contributed by atoms with Crippen LogP contribution in [0.25, 0.3) is 0 Å². The molecule has 18 heavy (non-hydrogen) atoms. The molecule has 0 saturated heterocycles. The second-order valence-electron chi connectivity index (χ2n) is 4.22. The molecule has 96 valence electrons. The number of aryl methyl sites for hydroxylation is 1. The summed E-state index contributed by atoms with van der Waals surface area (Å²) in [4.78, 5) is 17.3. The van der Waals surface area contributed by atoms with Crippen molar-refractivity contribution in [1.29, 1.82) is 0 Å². The summed E-state index contributed by atoms with van der Waals surface area (Å²) in [5.74, 6) is -0.404. The van der Waals surface area contributed by atoms with Crippen molar-refractivity contribution in [3.05, 3.63) is 29.2 Å². The van der Waals surface area contributed by atoms with Gasteiger partial charge in [0.25, 0.3) is 0 Å². The summed E-state index contributed by atoms with van der Waals surface area (Å²) in [6.07, 6.45) is 5.55. The lowest BCUT2D eigenvalue weighted by Crippen LogP contribution is -2.29. The van der Waals surface area contributed by atoms with Gasteiger partial charge >= 0.3 is 0 Å². The molecule has 1 aromatic rings. The standard InChI is InChI=1S/C12H17N5O/c1-3-17-7-10(4-15-17)6-16-8-14-5-11(9(16)2)12(13)18/h4,7-8H,3,5-6H2,1-2H3,(H2,13,18). The van der Waals surface area contributed by atoms with E-state index in [2.05, 4.69) is 10.1 Å². The Morgan fingerprint density at radius 3 is 2.94 bits per heavy atom. The molecule has 0 spiro atoms. The van der Waals surface area contributed by atoms with Crippen molar-refractivity contribution in [3.63, 3.8) is 0 Å². The highest BCUT2D eigenvalue weighted by molar-refractivity contribution is 5.94. The molecule has 0 radical (unpaired) electrons. The van der Waals surface area contributed by atoms with Crippen LogP contribution in [0, 0.1) is 0 Å². The van der Waals surface area contributed by atoms with Gasteiger partial charge in [-0.25, -0.2) is 0 Å². The van der Waals surface area contributed by atoms with Crippen LogP contribution in [0.1, 0.15) is 19.4 Å². The molecule has 0 aliphatic carbocycles. The minimum absolute atomic E-state index is 0.367. The number of rotatable bonds is 4. The molecule has 2 rings (SSSR count). The molecule has 2 heterocycles. The first-order valence-electron chi connectivity index (χ1n) is 5.89. The number of carbonyl (C=O) groups is 1. The van der Waals surface area contributed by atoms with Gasteiger partial charge in [0.15, 0.2) is 0 Å². The Bertz CT molecular complexity index is 514. The zero-order valence-corrected chi connectivity index (χ0v) is 10.6. The van der Waals surface area contributed by atoms with Gasteiger partial charge in [0.2, 0.25) is 5.91 Å². The Kier molecular flexibility index (Phi) is 3.45. The fourth-order valence-corrected chi connectivity index (χ4v) is 1.88. The lowest BCUT2D eigenvalue weighted by Gasteiger charge is -2.24. The number of allylic oxidation sites excluding steroid dienone is 1. The average Bonchev–Trinajstić information content (AvgIpc) is 2.79. The van der Waals surface area contributed by atoms with Gasteiger partial charge in [-0.2, -0.15) is 5.10 Å². The van der Waals surface area contributed by atoms with Crippen molar-refractivity contribution in [2.24, 2.45) is 10.7 Å². The van der Waals surface area contributed by atoms with Crippen molar-refractivity contribution in [3.8, 4) is 0 Å². The number of aromatic nitrogens is 2. The maximum absolute atomic E-state index is 11.3. The normalized spacial score (nSPS) is 15.3. The highest BCUT2D eigenvalue weighted by Crippen LogP contribution is 2.16. The Balaban J connectivity index is 2.15. The Morgan fingerprint density at radius 2 is 2.33 bits per heavy atom. The highest BCUT2D eigenvalue weighted by Gasteiger charge is 2.17. The maximum atomic E-state index is 11.3. The lowest BCUT2D eigenvalue weighted by molar-refractivity contribution is -0.114. The summed E-state index contributed by atoms with van der Waals surface area (Å²) in [5.41, 5.74) is 7.83. The lowest BCUT2D eigenvalue weighted by atomic mass is 10.1. The largest absolute Gasteiger partial charge is 0.366 e. The molecule has 0 atom stereocenters. The van der Waals surface area contributed by atoms with E-state index in [0.29, 0.717) is 18.7 Å². The molecule has 0 aromatic carbocycles. The van der Waals surface area contributed by atoms with Gasteiger partial charge in [0.1, 0.15) is 0 Å². The van der Waals surface area contributed by atoms with Gasteiger partial charge in [0, 0.05) is 24.0 Å². The van der Waals surface area contributed by atoms with Gasteiger partial charge in [-0.3, -0.25) is 14.5 Å². The van der Waals surface area contributed by atoms with Gasteiger partial charge in [0.05, 0.1) is 31.2 Å². The second-order valence-corrected chi connectivity index (χ2v) is 4.22. The second kappa shape index (κ2) is 5.03. The van der Waals surface area contributed by atoms with E-state index in [9.17, 15) is 4.79 Å². The van der Waals surface area contributed by atoms with Crippen LogP contribution in [0.2, 0.25) is 0 Å². The smallest absolute Gasteiger partial charge is 0.248 e. The van der Waals surface area contributed by atoms with Crippen LogP contribution in [-0.4, -0.2) is 33.5 Å². The van der Waals surface area contributed by atoms with Crippen LogP contribution in [0.3, 0.4) is 0 Å². The summed E-state index contributed by atoms with van der Waals surface area (Å²) >= 11 is 0. The number of primary amides is 1. The minimum Gasteiger partial charge on any atom is -0.366 e. The van der Waals surface area contributed by atoms with Gasteiger partial charge in [-0.1, -0.05) is 0 Å². The third kappa shape index (κ3) is 2.42. The van der Waals surface area contributed by atoms with Crippen LogP contribution < -0.4 is 5.73 Å². The van der Waals surface area contributed by atoms with Gasteiger partial charge in [-0.05, 0) is 13.8 Å². The van der Waals surface area contributed by atoms with Crippen molar-refractivity contribution < 1.29 is 4.79 Å². The van der Waals surface area contributed by atoms with E-state index < -0.39 is 5.91 Å². The Hall–Kier alpha value is -2.11. The zero-order chi connectivity index (χ0) is 13.1. The van der Waals surface area contributed by atoms with Crippen LogP contribution in [0.4, 0.5) is 0 Å². The number of aliphatic imine (C=N–C) groups is 1. The van der Waals surface area contributed by atoms with E-state index >= 15 is 0 Å². The summed E-state index contributed by atoms with van der Waals surface area (Å²) in [6, 6.07) is 0. The number of hydrogen-bond donors (Lipinski definition) is 1. The van der Waals surface area contributed by atoms with E-state index in [1.54, 1.807) is 6.34 Å². The maximum Gasteiger partial charge on any atom is 0.248 e. The van der Waals surface area contributed by atoms with Crippen molar-refractivity contribution in [1.82, 2.24) is 14.7 Å². The van der Waals surface area contributed by atoms with Crippen LogP contribution in [-0.2, 0) is 17.9 Å². The number of hydrogen-bond acceptors (Lipinski definition) is 4. The first kappa shape index (κ1) is 12.3. The molecule has 0 fully saturated rings. The molecular weight excluding hydrogens is 230 g/mol. The summed E-state index contributed by atoms with van der Waals surface area (Å²) < 4.78 is 1.87. The van der Waals surface area contributed by atoms with E-state index in [1.165, 1.54) is 0 Å². The van der Waals surface area contributed by atoms with Gasteiger partial charge < -0.3 is 10.6 Å². The molecule has 0 bridgehead atoms. The molecule has 0 unspecified atom stereocenters. The van der Waals surface area contributed by atoms with E-state index in [0.717, 1.165) is 17.8 Å². The first-order chi connectivity index (χ1) is 8.61. The summed E-state index contributed by atoms with van der Waals surface area (Å²) in [5, 5.41) is 4.22. The molecule has 2 N–H and O–H groups in total. The average molecular weight is 247 g/mol. The molecule has 1 aliphatic heterocycles. The molecule has 1 aliphatic rings. The van der Waals surface area contributed by atoms with Crippen LogP contribution >= 0.6 is 0 Å². The first-order valence-corrected chi connectivity index (χ1v) is 5.89. The molecule has 6 nitrogen and oxygen atoms in total. The molecule has 1 amide bonds. The summed E-state index contributed by atoms with van der Waals surface area (Å²) in [6.45, 7) is 5.78. The third-order valence-corrected chi connectivity index (χ3v) is 3.00. The van der Waals surface area contributed by atoms with E-state index in [4.69, 9.17) is 5.73 Å². The third-order valence-electron chi connectivity index (χ3n) is 3.00. The SMILES string of the molecule is CCn1cc(CN2C=NCC(C(N)=O)=C2C)cn1. The number of carbonyl (C=O) groups excluding carboxylic acids is 1. The predicted molar refractivity (Wildman–Crippen MR) is 68.7 cm³/mol. The quantitative estimate of drug-likeness (QED) is 0.842. The molecule has 1 aromatic heterocycles. The molecule has 6 heteroatoms. The van der Waals surface area contributed by atoms with Crippen molar-refractivity contribution in [2.75, 3.05) is 6.54 Å². The topological polar surface area (TPSA) is 76.5 Å². The molecular formula is C12H17N5O. The van der Waals surface area contributed by atoms with Gasteiger partial charge in [-0.15, -0.1) is 0 Å². The number of nitrogens with two attached hydrogens (primary N) is 1. The van der Waals surface area contributed by atoms with E-state index in [1.807, 2.05) is 35.8 Å². The zero-order valence-electron chi connectivity index (χ0n) is 10.6. The number of nitrogens with zero attached hydrogens (tertiary/aromatic N) is 4. The predicted octanol–water partition coefficient (Wildman–Crippen LogP) is 0.506. The van der Waals surface area contributed by atoms with Crippen LogP contribution in [0.5, 0.6) is 0 Å². The van der Waals surface area contributed by atoms with Crippen molar-refractivity contribution >= 4 is 12.2 Å².